The maximum Gasteiger partial charge on any atom is 0.407 e. The molecule has 0 saturated carbocycles. The number of carbonyl (C=O) groups is 1. The summed E-state index contributed by atoms with van der Waals surface area (Å²) in [6.07, 6.45) is -0.544. The second kappa shape index (κ2) is 7.24. The molecule has 0 aliphatic heterocycles. The lowest BCUT2D eigenvalue weighted by Gasteiger charge is -2.14. The van der Waals surface area contributed by atoms with E-state index in [9.17, 15) is 4.79 Å². The van der Waals surface area contributed by atoms with E-state index in [1.165, 1.54) is 6.07 Å². The number of alkyl carbamates (subject to hydrolysis) is 1. The van der Waals surface area contributed by atoms with Gasteiger partial charge in [-0.2, -0.15) is 0 Å². The first-order valence-electron chi connectivity index (χ1n) is 6.22. The van der Waals surface area contributed by atoms with Crippen LogP contribution in [0.4, 0.5) is 4.79 Å². The van der Waals surface area contributed by atoms with Crippen LogP contribution in [0.2, 0.25) is 10.4 Å². The zero-order chi connectivity index (χ0) is 15.2. The summed E-state index contributed by atoms with van der Waals surface area (Å²) in [7, 11) is 0. The Morgan fingerprint density at radius 2 is 2.00 bits per heavy atom. The van der Waals surface area contributed by atoms with E-state index < -0.39 is 12.1 Å². The minimum absolute atomic E-state index is 0.0313. The molecule has 1 aromatic carbocycles. The van der Waals surface area contributed by atoms with E-state index in [-0.39, 0.29) is 17.0 Å². The predicted molar refractivity (Wildman–Crippen MR) is 80.2 cm³/mol. The van der Waals surface area contributed by atoms with E-state index in [2.05, 4.69) is 15.3 Å². The third kappa shape index (κ3) is 4.88. The van der Waals surface area contributed by atoms with Crippen LogP contribution in [0.1, 0.15) is 24.2 Å². The number of nitrogens with one attached hydrogen (secondary N) is 1. The lowest BCUT2D eigenvalue weighted by Crippen LogP contribution is -2.28. The van der Waals surface area contributed by atoms with Crippen molar-refractivity contribution in [3.8, 4) is 0 Å². The molecule has 2 rings (SSSR count). The fourth-order valence-electron chi connectivity index (χ4n) is 1.64. The zero-order valence-electron chi connectivity index (χ0n) is 11.2. The summed E-state index contributed by atoms with van der Waals surface area (Å²) in [6, 6.07) is 10.5. The van der Waals surface area contributed by atoms with Crippen LogP contribution in [0, 0.1) is 0 Å². The molecule has 1 amide bonds. The number of carbonyl (C=O) groups excluding carboxylic acids is 1. The van der Waals surface area contributed by atoms with Gasteiger partial charge in [0.1, 0.15) is 11.8 Å². The quantitative estimate of drug-likeness (QED) is 0.686. The molecular weight excluding hydrogens is 313 g/mol. The summed E-state index contributed by atoms with van der Waals surface area (Å²) >= 11 is 11.5. The van der Waals surface area contributed by atoms with Crippen molar-refractivity contribution in [2.45, 2.75) is 19.6 Å². The fraction of sp³-hybridized carbons (Fsp3) is 0.214. The van der Waals surface area contributed by atoms with Crippen molar-refractivity contribution in [2.75, 3.05) is 0 Å². The SMILES string of the molecule is CC(NC(=O)OCc1ccccc1)c1cc(Cl)nc(Cl)n1. The van der Waals surface area contributed by atoms with Gasteiger partial charge in [0.25, 0.3) is 0 Å². The number of amides is 1. The highest BCUT2D eigenvalue weighted by Crippen LogP contribution is 2.16. The minimum Gasteiger partial charge on any atom is -0.445 e. The number of ether oxygens (including phenoxy) is 1. The molecule has 1 N–H and O–H groups in total. The summed E-state index contributed by atoms with van der Waals surface area (Å²) < 4.78 is 5.12. The highest BCUT2D eigenvalue weighted by Gasteiger charge is 2.13. The van der Waals surface area contributed by atoms with E-state index in [4.69, 9.17) is 27.9 Å². The summed E-state index contributed by atoms with van der Waals surface area (Å²) in [5, 5.41) is 2.90. The highest BCUT2D eigenvalue weighted by molar-refractivity contribution is 6.31. The second-order valence-corrected chi connectivity index (χ2v) is 5.04. The van der Waals surface area contributed by atoms with Crippen LogP contribution in [0.5, 0.6) is 0 Å². The molecule has 1 unspecified atom stereocenters. The molecular formula is C14H13Cl2N3O2. The molecule has 0 aliphatic carbocycles. The number of halogens is 2. The maximum absolute atomic E-state index is 11.7. The molecule has 5 nitrogen and oxygen atoms in total. The number of aromatic nitrogens is 2. The molecule has 0 aliphatic rings. The van der Waals surface area contributed by atoms with Crippen molar-refractivity contribution in [1.29, 1.82) is 0 Å². The third-order valence-corrected chi connectivity index (χ3v) is 3.04. The van der Waals surface area contributed by atoms with Gasteiger partial charge >= 0.3 is 6.09 Å². The van der Waals surface area contributed by atoms with Crippen LogP contribution in [0.15, 0.2) is 36.4 Å². The monoisotopic (exact) mass is 325 g/mol. The molecule has 0 radical (unpaired) electrons. The van der Waals surface area contributed by atoms with E-state index in [1.54, 1.807) is 6.92 Å². The van der Waals surface area contributed by atoms with Gasteiger partial charge in [0, 0.05) is 0 Å². The van der Waals surface area contributed by atoms with Crippen LogP contribution in [-0.2, 0) is 11.3 Å². The van der Waals surface area contributed by atoms with E-state index in [0.29, 0.717) is 5.69 Å². The Morgan fingerprint density at radius 3 is 2.67 bits per heavy atom. The molecule has 0 bridgehead atoms. The van der Waals surface area contributed by atoms with E-state index in [0.717, 1.165) is 5.56 Å². The Morgan fingerprint density at radius 1 is 1.29 bits per heavy atom. The van der Waals surface area contributed by atoms with Crippen LogP contribution in [0.25, 0.3) is 0 Å². The van der Waals surface area contributed by atoms with Gasteiger partial charge in [-0.05, 0) is 30.2 Å². The molecule has 0 fully saturated rings. The Hall–Kier alpha value is -1.85. The smallest absolute Gasteiger partial charge is 0.407 e. The van der Waals surface area contributed by atoms with Gasteiger partial charge in [-0.15, -0.1) is 0 Å². The Balaban J connectivity index is 1.90. The zero-order valence-corrected chi connectivity index (χ0v) is 12.7. The summed E-state index contributed by atoms with van der Waals surface area (Å²) in [5.74, 6) is 0. The van der Waals surface area contributed by atoms with Gasteiger partial charge in [0.2, 0.25) is 5.28 Å². The summed E-state index contributed by atoms with van der Waals surface area (Å²) in [6.45, 7) is 1.95. The Kier molecular flexibility index (Phi) is 5.36. The predicted octanol–water partition coefficient (Wildman–Crippen LogP) is 3.77. The molecule has 1 atom stereocenters. The lowest BCUT2D eigenvalue weighted by molar-refractivity contribution is 0.136. The molecule has 7 heteroatoms. The number of hydrogen-bond donors (Lipinski definition) is 1. The summed E-state index contributed by atoms with van der Waals surface area (Å²) in [5.41, 5.74) is 1.42. The van der Waals surface area contributed by atoms with Gasteiger partial charge in [0.05, 0.1) is 11.7 Å². The summed E-state index contributed by atoms with van der Waals surface area (Å²) in [4.78, 5) is 19.5. The topological polar surface area (TPSA) is 64.1 Å². The molecule has 110 valence electrons. The number of hydrogen-bond acceptors (Lipinski definition) is 4. The largest absolute Gasteiger partial charge is 0.445 e. The van der Waals surface area contributed by atoms with Crippen LogP contribution < -0.4 is 5.32 Å². The number of rotatable bonds is 4. The van der Waals surface area contributed by atoms with Gasteiger partial charge in [-0.1, -0.05) is 41.9 Å². The first-order valence-corrected chi connectivity index (χ1v) is 6.97. The molecule has 0 saturated heterocycles. The van der Waals surface area contributed by atoms with Crippen molar-refractivity contribution in [1.82, 2.24) is 15.3 Å². The number of nitrogens with zero attached hydrogens (tertiary/aromatic N) is 2. The number of benzene rings is 1. The van der Waals surface area contributed by atoms with E-state index in [1.807, 2.05) is 30.3 Å². The maximum atomic E-state index is 11.7. The van der Waals surface area contributed by atoms with Crippen molar-refractivity contribution < 1.29 is 9.53 Å². The fourth-order valence-corrected chi connectivity index (χ4v) is 2.07. The first kappa shape index (κ1) is 15.5. The first-order chi connectivity index (χ1) is 10.0. The molecule has 1 heterocycles. The van der Waals surface area contributed by atoms with Gasteiger partial charge in [-0.3, -0.25) is 0 Å². The Bertz CT molecular complexity index is 603. The lowest BCUT2D eigenvalue weighted by atomic mass is 10.2. The Labute approximate surface area is 132 Å². The van der Waals surface area contributed by atoms with Gasteiger partial charge in [-0.25, -0.2) is 14.8 Å². The second-order valence-electron chi connectivity index (χ2n) is 4.31. The standard InChI is InChI=1S/C14H13Cl2N3O2/c1-9(11-7-12(15)19-13(16)18-11)17-14(20)21-8-10-5-3-2-4-6-10/h2-7,9H,8H2,1H3,(H,17,20). The van der Waals surface area contributed by atoms with Gasteiger partial charge in [0.15, 0.2) is 0 Å². The molecule has 1 aromatic heterocycles. The van der Waals surface area contributed by atoms with E-state index >= 15 is 0 Å². The molecule has 2 aromatic rings. The normalized spacial score (nSPS) is 11.8. The van der Waals surface area contributed by atoms with Crippen molar-refractivity contribution in [3.63, 3.8) is 0 Å². The van der Waals surface area contributed by atoms with Crippen LogP contribution >= 0.6 is 23.2 Å². The molecule has 21 heavy (non-hydrogen) atoms. The molecule has 0 spiro atoms. The third-order valence-electron chi connectivity index (χ3n) is 2.68. The highest BCUT2D eigenvalue weighted by atomic mass is 35.5. The minimum atomic E-state index is -0.544. The van der Waals surface area contributed by atoms with Crippen LogP contribution in [0.3, 0.4) is 0 Å². The van der Waals surface area contributed by atoms with Gasteiger partial charge < -0.3 is 10.1 Å². The average molecular weight is 326 g/mol. The van der Waals surface area contributed by atoms with Crippen molar-refractivity contribution in [3.05, 3.63) is 58.1 Å². The van der Waals surface area contributed by atoms with Crippen molar-refractivity contribution >= 4 is 29.3 Å². The van der Waals surface area contributed by atoms with Crippen molar-refractivity contribution in [2.24, 2.45) is 0 Å². The van der Waals surface area contributed by atoms with Crippen LogP contribution in [-0.4, -0.2) is 16.1 Å². The average Bonchev–Trinajstić information content (AvgIpc) is 2.45.